The molecule has 0 bridgehead atoms. The van der Waals surface area contributed by atoms with Crippen LogP contribution in [0.2, 0.25) is 0 Å². The number of ether oxygens (including phenoxy) is 2. The van der Waals surface area contributed by atoms with Crippen LogP contribution in [0, 0.1) is 0 Å². The van der Waals surface area contributed by atoms with E-state index in [1.165, 1.54) is 0 Å². The minimum Gasteiger partial charge on any atom is -0.542 e. The number of hydrogen-bond donors (Lipinski definition) is 2. The summed E-state index contributed by atoms with van der Waals surface area (Å²) in [5.41, 5.74) is 3.66. The summed E-state index contributed by atoms with van der Waals surface area (Å²) in [6, 6.07) is 0. The Labute approximate surface area is 125 Å². The Bertz CT molecular complexity index is 350. The van der Waals surface area contributed by atoms with Crippen molar-refractivity contribution in [1.29, 1.82) is 0 Å². The first-order valence-corrected chi connectivity index (χ1v) is 6.70. The second-order valence-corrected chi connectivity index (χ2v) is 4.57. The normalized spacial score (nSPS) is 21.0. The van der Waals surface area contributed by atoms with Crippen LogP contribution in [0.4, 0.5) is 13.2 Å². The van der Waals surface area contributed by atoms with Crippen LogP contribution >= 0.6 is 0 Å². The highest BCUT2D eigenvalue weighted by molar-refractivity contribution is 5.70. The Hall–Kier alpha value is -1.39. The third kappa shape index (κ3) is 9.53. The highest BCUT2D eigenvalue weighted by Gasteiger charge is 2.28. The van der Waals surface area contributed by atoms with Crippen molar-refractivity contribution in [2.45, 2.75) is 44.1 Å². The molecule has 1 aliphatic rings. The zero-order valence-electron chi connectivity index (χ0n) is 11.9. The van der Waals surface area contributed by atoms with Crippen LogP contribution in [-0.2, 0) is 19.1 Å². The lowest BCUT2D eigenvalue weighted by Gasteiger charge is -2.12. The van der Waals surface area contributed by atoms with Crippen molar-refractivity contribution in [3.8, 4) is 0 Å². The van der Waals surface area contributed by atoms with Crippen molar-refractivity contribution in [2.75, 3.05) is 19.8 Å². The lowest BCUT2D eigenvalue weighted by molar-refractivity contribution is -0.368. The molecule has 0 aromatic carbocycles. The monoisotopic (exact) mass is 331 g/mol. The third-order valence-electron chi connectivity index (χ3n) is 2.69. The second kappa shape index (κ2) is 10.4. The van der Waals surface area contributed by atoms with E-state index in [1.807, 2.05) is 0 Å². The van der Waals surface area contributed by atoms with Crippen LogP contribution < -0.4 is 10.8 Å². The average molecular weight is 331 g/mol. The van der Waals surface area contributed by atoms with Crippen molar-refractivity contribution in [2.24, 2.45) is 0 Å². The van der Waals surface area contributed by atoms with Crippen LogP contribution in [0.5, 0.6) is 0 Å². The number of carboxylic acid groups (broad SMARTS) is 1. The molecule has 0 saturated carbocycles. The molecule has 10 heteroatoms. The molecule has 4 N–H and O–H groups in total. The van der Waals surface area contributed by atoms with E-state index in [0.717, 1.165) is 25.8 Å². The molecule has 0 aromatic heterocycles. The Morgan fingerprint density at radius 1 is 1.32 bits per heavy atom. The summed E-state index contributed by atoms with van der Waals surface area (Å²) in [6.45, 7) is 1.11. The highest BCUT2D eigenvalue weighted by atomic mass is 19.4. The standard InChI is InChI=1S/C10H19NO4.C2HF3O2/c11-5-1-2-10(13)14-7-9-4-3-8(6-12)15-9;3-2(4,5)1(6)7/h8-9,12H,1-7,11H2;(H,6,7)/t8-,9+;/m1./s1. The van der Waals surface area contributed by atoms with Gasteiger partial charge in [-0.15, -0.1) is 0 Å². The molecule has 0 amide bonds. The number of esters is 1. The predicted molar refractivity (Wildman–Crippen MR) is 64.0 cm³/mol. The number of quaternary nitrogens is 1. The summed E-state index contributed by atoms with van der Waals surface area (Å²) >= 11 is 0. The summed E-state index contributed by atoms with van der Waals surface area (Å²) in [4.78, 5) is 19.9. The Morgan fingerprint density at radius 3 is 2.27 bits per heavy atom. The fourth-order valence-electron chi connectivity index (χ4n) is 1.56. The maximum Gasteiger partial charge on any atom is 0.430 e. The summed E-state index contributed by atoms with van der Waals surface area (Å²) in [6.07, 6.45) is -2.41. The maximum absolute atomic E-state index is 11.2. The van der Waals surface area contributed by atoms with Crippen molar-refractivity contribution in [3.63, 3.8) is 0 Å². The van der Waals surface area contributed by atoms with Crippen molar-refractivity contribution in [1.82, 2.24) is 0 Å². The summed E-state index contributed by atoms with van der Waals surface area (Å²) in [5, 5.41) is 17.6. The van der Waals surface area contributed by atoms with Crippen molar-refractivity contribution >= 4 is 11.9 Å². The van der Waals surface area contributed by atoms with Crippen LogP contribution in [0.15, 0.2) is 0 Å². The molecule has 130 valence electrons. The largest absolute Gasteiger partial charge is 0.542 e. The molecule has 22 heavy (non-hydrogen) atoms. The number of carbonyl (C=O) groups is 2. The Morgan fingerprint density at radius 2 is 1.86 bits per heavy atom. The van der Waals surface area contributed by atoms with E-state index in [-0.39, 0.29) is 24.8 Å². The first-order chi connectivity index (χ1) is 10.2. The zero-order valence-corrected chi connectivity index (χ0v) is 11.9. The molecule has 1 heterocycles. The number of carbonyl (C=O) groups excluding carboxylic acids is 2. The predicted octanol–water partition coefficient (Wildman–Crippen LogP) is -1.61. The lowest BCUT2D eigenvalue weighted by atomic mass is 10.2. The van der Waals surface area contributed by atoms with E-state index in [0.29, 0.717) is 13.0 Å². The molecule has 7 nitrogen and oxygen atoms in total. The van der Waals surface area contributed by atoms with Crippen molar-refractivity contribution in [3.05, 3.63) is 0 Å². The number of alkyl halides is 3. The molecule has 1 aliphatic heterocycles. The van der Waals surface area contributed by atoms with Gasteiger partial charge in [0.15, 0.2) is 0 Å². The van der Waals surface area contributed by atoms with Gasteiger partial charge in [-0.3, -0.25) is 4.79 Å². The fraction of sp³-hybridized carbons (Fsp3) is 0.833. The number of aliphatic carboxylic acids is 1. The first-order valence-electron chi connectivity index (χ1n) is 6.70. The van der Waals surface area contributed by atoms with Gasteiger partial charge in [0.05, 0.1) is 31.8 Å². The second-order valence-electron chi connectivity index (χ2n) is 4.57. The van der Waals surface area contributed by atoms with Crippen LogP contribution in [0.1, 0.15) is 25.7 Å². The van der Waals surface area contributed by atoms with Gasteiger partial charge in [0, 0.05) is 6.42 Å². The van der Waals surface area contributed by atoms with E-state index in [9.17, 15) is 18.0 Å². The summed E-state index contributed by atoms with van der Waals surface area (Å²) in [7, 11) is 0. The number of hydrogen-bond acceptors (Lipinski definition) is 6. The Balaban J connectivity index is 0.000000534. The fourth-order valence-corrected chi connectivity index (χ4v) is 1.56. The SMILES string of the molecule is O=C([O-])C(F)(F)F.[NH3+]CCCC(=O)OC[C@@H]1CC[C@H](CO)O1. The van der Waals surface area contributed by atoms with Gasteiger partial charge in [0.2, 0.25) is 0 Å². The van der Waals surface area contributed by atoms with E-state index >= 15 is 0 Å². The molecular weight excluding hydrogens is 311 g/mol. The van der Waals surface area contributed by atoms with E-state index in [2.05, 4.69) is 5.73 Å². The van der Waals surface area contributed by atoms with Gasteiger partial charge in [0.25, 0.3) is 0 Å². The molecule has 0 radical (unpaired) electrons. The van der Waals surface area contributed by atoms with Gasteiger partial charge in [-0.05, 0) is 12.8 Å². The Kier molecular flexibility index (Phi) is 9.70. The molecule has 0 spiro atoms. The molecule has 1 saturated heterocycles. The third-order valence-corrected chi connectivity index (χ3v) is 2.69. The van der Waals surface area contributed by atoms with Gasteiger partial charge in [-0.2, -0.15) is 13.2 Å². The number of halogens is 3. The smallest absolute Gasteiger partial charge is 0.430 e. The quantitative estimate of drug-likeness (QED) is 0.565. The minimum atomic E-state index is -5.19. The molecule has 0 unspecified atom stereocenters. The van der Waals surface area contributed by atoms with Crippen LogP contribution in [0.25, 0.3) is 0 Å². The van der Waals surface area contributed by atoms with Crippen LogP contribution in [-0.4, -0.2) is 55.2 Å². The number of aliphatic hydroxyl groups is 1. The average Bonchev–Trinajstić information content (AvgIpc) is 2.90. The number of aliphatic hydroxyl groups excluding tert-OH is 1. The molecule has 1 fully saturated rings. The first kappa shape index (κ1) is 20.6. The molecule has 0 aromatic rings. The maximum atomic E-state index is 11.2. The number of rotatable bonds is 6. The molecule has 0 aliphatic carbocycles. The highest BCUT2D eigenvalue weighted by Crippen LogP contribution is 2.19. The molecule has 1 rings (SSSR count). The topological polar surface area (TPSA) is 124 Å². The van der Waals surface area contributed by atoms with Gasteiger partial charge < -0.3 is 30.2 Å². The summed E-state index contributed by atoms with van der Waals surface area (Å²) in [5.74, 6) is -3.19. The number of carboxylic acids is 1. The zero-order chi connectivity index (χ0) is 17.2. The van der Waals surface area contributed by atoms with Gasteiger partial charge >= 0.3 is 12.1 Å². The van der Waals surface area contributed by atoms with E-state index in [1.54, 1.807) is 0 Å². The molecular formula is C12H20F3NO6. The van der Waals surface area contributed by atoms with Crippen molar-refractivity contribution < 1.29 is 48.2 Å². The minimum absolute atomic E-state index is 0.0362. The van der Waals surface area contributed by atoms with E-state index in [4.69, 9.17) is 24.5 Å². The van der Waals surface area contributed by atoms with Gasteiger partial charge in [-0.25, -0.2) is 0 Å². The lowest BCUT2D eigenvalue weighted by Crippen LogP contribution is -2.50. The van der Waals surface area contributed by atoms with Gasteiger partial charge in [-0.1, -0.05) is 0 Å². The van der Waals surface area contributed by atoms with Gasteiger partial charge in [0.1, 0.15) is 12.6 Å². The van der Waals surface area contributed by atoms with Crippen LogP contribution in [0.3, 0.4) is 0 Å². The summed E-state index contributed by atoms with van der Waals surface area (Å²) < 4.78 is 42.0. The van der Waals surface area contributed by atoms with E-state index < -0.39 is 12.1 Å². The molecule has 2 atom stereocenters.